The Morgan fingerprint density at radius 3 is 2.37 bits per heavy atom. The molecule has 0 bridgehead atoms. The fourth-order valence-electron chi connectivity index (χ4n) is 2.50. The largest absolute Gasteiger partial charge is 0.481 e. The van der Waals surface area contributed by atoms with E-state index in [0.717, 1.165) is 12.8 Å². The summed E-state index contributed by atoms with van der Waals surface area (Å²) in [6.45, 7) is 4.06. The van der Waals surface area contributed by atoms with Crippen molar-refractivity contribution in [3.05, 3.63) is 0 Å². The van der Waals surface area contributed by atoms with E-state index in [1.165, 1.54) is 0 Å². The van der Waals surface area contributed by atoms with Gasteiger partial charge in [0.05, 0.1) is 12.5 Å². The zero-order chi connectivity index (χ0) is 14.4. The monoisotopic (exact) mass is 272 g/mol. The van der Waals surface area contributed by atoms with Gasteiger partial charge in [-0.25, -0.2) is 4.79 Å². The summed E-state index contributed by atoms with van der Waals surface area (Å²) in [6.07, 6.45) is 2.67. The number of hydrogen-bond donors (Lipinski definition) is 3. The Morgan fingerprint density at radius 2 is 1.89 bits per heavy atom. The fraction of sp³-hybridized carbons (Fsp3) is 0.846. The van der Waals surface area contributed by atoms with Gasteiger partial charge < -0.3 is 20.4 Å². The molecule has 0 radical (unpaired) electrons. The molecule has 1 aliphatic carbocycles. The molecule has 0 aromatic carbocycles. The molecular formula is C13H24N2O4. The number of aliphatic hydroxyl groups is 1. The molecule has 1 aliphatic rings. The van der Waals surface area contributed by atoms with E-state index in [4.69, 9.17) is 5.11 Å². The third kappa shape index (κ3) is 5.06. The van der Waals surface area contributed by atoms with E-state index in [1.54, 1.807) is 11.8 Å². The lowest BCUT2D eigenvalue weighted by Gasteiger charge is -2.32. The first-order valence-corrected chi connectivity index (χ1v) is 6.91. The lowest BCUT2D eigenvalue weighted by molar-refractivity contribution is -0.138. The van der Waals surface area contributed by atoms with Gasteiger partial charge >= 0.3 is 12.0 Å². The molecule has 110 valence electrons. The summed E-state index contributed by atoms with van der Waals surface area (Å²) in [5.74, 6) is -0.903. The molecule has 0 heterocycles. The summed E-state index contributed by atoms with van der Waals surface area (Å²) in [6, 6.07) is -0.448. The Bertz CT molecular complexity index is 314. The number of aliphatic carboxylic acids is 1. The number of carbonyl (C=O) groups is 2. The van der Waals surface area contributed by atoms with E-state index in [9.17, 15) is 14.7 Å². The number of rotatable bonds is 5. The van der Waals surface area contributed by atoms with Crippen LogP contribution < -0.4 is 5.32 Å². The van der Waals surface area contributed by atoms with Crippen molar-refractivity contribution in [2.24, 2.45) is 0 Å². The highest BCUT2D eigenvalue weighted by molar-refractivity contribution is 5.76. The van der Waals surface area contributed by atoms with Gasteiger partial charge in [-0.15, -0.1) is 0 Å². The van der Waals surface area contributed by atoms with E-state index >= 15 is 0 Å². The number of hydrogen-bond acceptors (Lipinski definition) is 3. The van der Waals surface area contributed by atoms with Gasteiger partial charge in [-0.05, 0) is 39.5 Å². The maximum Gasteiger partial charge on any atom is 0.317 e. The summed E-state index contributed by atoms with van der Waals surface area (Å²) in [4.78, 5) is 24.3. The maximum atomic E-state index is 12.1. The molecule has 0 aliphatic heterocycles. The van der Waals surface area contributed by atoms with Crippen LogP contribution in [-0.2, 0) is 4.79 Å². The van der Waals surface area contributed by atoms with Crippen molar-refractivity contribution in [3.63, 3.8) is 0 Å². The van der Waals surface area contributed by atoms with Crippen molar-refractivity contribution >= 4 is 12.0 Å². The first-order valence-electron chi connectivity index (χ1n) is 6.91. The molecule has 0 aromatic heterocycles. The van der Waals surface area contributed by atoms with Crippen molar-refractivity contribution in [2.75, 3.05) is 6.54 Å². The van der Waals surface area contributed by atoms with Gasteiger partial charge in [0.2, 0.25) is 0 Å². The maximum absolute atomic E-state index is 12.1. The van der Waals surface area contributed by atoms with Gasteiger partial charge in [0.15, 0.2) is 0 Å². The normalized spacial score (nSPS) is 24.6. The van der Waals surface area contributed by atoms with E-state index in [1.807, 2.05) is 6.92 Å². The molecule has 1 rings (SSSR count). The summed E-state index contributed by atoms with van der Waals surface area (Å²) in [5, 5.41) is 21.1. The lowest BCUT2D eigenvalue weighted by Crippen LogP contribution is -2.49. The quantitative estimate of drug-likeness (QED) is 0.701. The number of carboxylic acid groups (broad SMARTS) is 1. The smallest absolute Gasteiger partial charge is 0.317 e. The van der Waals surface area contributed by atoms with Gasteiger partial charge in [-0.2, -0.15) is 0 Å². The van der Waals surface area contributed by atoms with Crippen LogP contribution in [0.25, 0.3) is 0 Å². The van der Waals surface area contributed by atoms with Crippen molar-refractivity contribution in [3.8, 4) is 0 Å². The van der Waals surface area contributed by atoms with Crippen LogP contribution in [0.4, 0.5) is 4.79 Å². The molecule has 1 atom stereocenters. The van der Waals surface area contributed by atoms with E-state index in [0.29, 0.717) is 19.4 Å². The summed E-state index contributed by atoms with van der Waals surface area (Å²) >= 11 is 0. The minimum atomic E-state index is -0.903. The lowest BCUT2D eigenvalue weighted by atomic mass is 9.93. The first-order chi connectivity index (χ1) is 8.93. The molecule has 1 fully saturated rings. The number of carbonyl (C=O) groups excluding carboxylic acids is 1. The number of nitrogens with zero attached hydrogens (tertiary/aromatic N) is 1. The van der Waals surface area contributed by atoms with Crippen molar-refractivity contribution in [1.29, 1.82) is 0 Å². The van der Waals surface area contributed by atoms with Crippen LogP contribution in [0.2, 0.25) is 0 Å². The molecule has 19 heavy (non-hydrogen) atoms. The topological polar surface area (TPSA) is 89.9 Å². The van der Waals surface area contributed by atoms with Crippen LogP contribution >= 0.6 is 0 Å². The molecule has 2 amide bonds. The molecule has 1 saturated carbocycles. The second-order valence-electron chi connectivity index (χ2n) is 5.19. The Morgan fingerprint density at radius 1 is 1.32 bits per heavy atom. The highest BCUT2D eigenvalue weighted by atomic mass is 16.4. The predicted octanol–water partition coefficient (Wildman–Crippen LogP) is 1.18. The summed E-state index contributed by atoms with van der Waals surface area (Å²) < 4.78 is 0. The molecule has 6 nitrogen and oxygen atoms in total. The van der Waals surface area contributed by atoms with E-state index in [-0.39, 0.29) is 30.6 Å². The average Bonchev–Trinajstić information content (AvgIpc) is 2.32. The van der Waals surface area contributed by atoms with Gasteiger partial charge in [0.25, 0.3) is 0 Å². The molecule has 0 spiro atoms. The van der Waals surface area contributed by atoms with E-state index < -0.39 is 5.97 Å². The SMILES string of the molecule is CCN(C(=O)NC1CCC(O)CC1)C(C)CC(=O)O. The molecule has 0 saturated heterocycles. The minimum Gasteiger partial charge on any atom is -0.481 e. The minimum absolute atomic E-state index is 0.0510. The second-order valence-corrected chi connectivity index (χ2v) is 5.19. The zero-order valence-electron chi connectivity index (χ0n) is 11.6. The number of carboxylic acids is 1. The van der Waals surface area contributed by atoms with Crippen LogP contribution in [0.15, 0.2) is 0 Å². The Hall–Kier alpha value is -1.30. The Kier molecular flexibility index (Phi) is 6.08. The highest BCUT2D eigenvalue weighted by Crippen LogP contribution is 2.18. The van der Waals surface area contributed by atoms with Crippen LogP contribution in [0.5, 0.6) is 0 Å². The standard InChI is InChI=1S/C13H24N2O4/c1-3-15(9(2)8-12(17)18)13(19)14-10-4-6-11(16)7-5-10/h9-11,16H,3-8H2,1-2H3,(H,14,19)(H,17,18). The van der Waals surface area contributed by atoms with Crippen LogP contribution in [0.3, 0.4) is 0 Å². The van der Waals surface area contributed by atoms with Crippen LogP contribution in [0.1, 0.15) is 46.0 Å². The first kappa shape index (κ1) is 15.8. The van der Waals surface area contributed by atoms with Crippen molar-refractivity contribution in [2.45, 2.75) is 64.1 Å². The van der Waals surface area contributed by atoms with Gasteiger partial charge in [-0.1, -0.05) is 0 Å². The van der Waals surface area contributed by atoms with Crippen LogP contribution in [-0.4, -0.2) is 51.8 Å². The van der Waals surface area contributed by atoms with Crippen LogP contribution in [0, 0.1) is 0 Å². The fourth-order valence-corrected chi connectivity index (χ4v) is 2.50. The van der Waals surface area contributed by atoms with Crippen molar-refractivity contribution < 1.29 is 19.8 Å². The van der Waals surface area contributed by atoms with E-state index in [2.05, 4.69) is 5.32 Å². The van der Waals surface area contributed by atoms with Gasteiger partial charge in [0.1, 0.15) is 0 Å². The molecule has 1 unspecified atom stereocenters. The predicted molar refractivity (Wildman–Crippen MR) is 70.9 cm³/mol. The molecular weight excluding hydrogens is 248 g/mol. The zero-order valence-corrected chi connectivity index (χ0v) is 11.6. The Balaban J connectivity index is 2.47. The average molecular weight is 272 g/mol. The van der Waals surface area contributed by atoms with Gasteiger partial charge in [0, 0.05) is 18.6 Å². The highest BCUT2D eigenvalue weighted by Gasteiger charge is 2.25. The summed E-state index contributed by atoms with van der Waals surface area (Å²) in [7, 11) is 0. The van der Waals surface area contributed by atoms with Crippen molar-refractivity contribution in [1.82, 2.24) is 10.2 Å². The number of aliphatic hydroxyl groups excluding tert-OH is 1. The number of nitrogens with one attached hydrogen (secondary N) is 1. The molecule has 6 heteroatoms. The number of urea groups is 1. The third-order valence-corrected chi connectivity index (χ3v) is 3.63. The molecule has 0 aromatic rings. The second kappa shape index (κ2) is 7.33. The number of amides is 2. The Labute approximate surface area is 113 Å². The van der Waals surface area contributed by atoms with Gasteiger partial charge in [-0.3, -0.25) is 4.79 Å². The summed E-state index contributed by atoms with van der Waals surface area (Å²) in [5.41, 5.74) is 0. The molecule has 3 N–H and O–H groups in total. The third-order valence-electron chi connectivity index (χ3n) is 3.63.